The molecule has 0 unspecified atom stereocenters. The van der Waals surface area contributed by atoms with Crippen molar-refractivity contribution in [1.82, 2.24) is 14.8 Å². The van der Waals surface area contributed by atoms with Crippen molar-refractivity contribution in [3.05, 3.63) is 47.1 Å². The van der Waals surface area contributed by atoms with Gasteiger partial charge >= 0.3 is 0 Å². The molecular formula is C32H44ClN5O3. The molecule has 0 aliphatic carbocycles. The van der Waals surface area contributed by atoms with Gasteiger partial charge in [-0.15, -0.1) is 0 Å². The lowest BCUT2D eigenvalue weighted by Gasteiger charge is -2.33. The van der Waals surface area contributed by atoms with Crippen molar-refractivity contribution in [1.29, 1.82) is 0 Å². The Morgan fingerprint density at radius 2 is 1.90 bits per heavy atom. The van der Waals surface area contributed by atoms with Crippen LogP contribution in [0.5, 0.6) is 0 Å². The summed E-state index contributed by atoms with van der Waals surface area (Å²) in [6.45, 7) is 11.9. The van der Waals surface area contributed by atoms with Crippen LogP contribution in [-0.2, 0) is 9.59 Å². The number of aromatic nitrogens is 1. The average molecular weight is 582 g/mol. The summed E-state index contributed by atoms with van der Waals surface area (Å²) in [5.41, 5.74) is 1.04. The van der Waals surface area contributed by atoms with Crippen molar-refractivity contribution in [2.24, 2.45) is 11.3 Å². The summed E-state index contributed by atoms with van der Waals surface area (Å²) in [5.74, 6) is 0.879. The summed E-state index contributed by atoms with van der Waals surface area (Å²) in [6, 6.07) is 8.48. The van der Waals surface area contributed by atoms with Gasteiger partial charge in [0.15, 0.2) is 5.82 Å². The Balaban J connectivity index is 1.30. The number of nitrogens with zero attached hydrogens (tertiary/aromatic N) is 4. The number of hydrogen-bond acceptors (Lipinski definition) is 5. The zero-order chi connectivity index (χ0) is 29.6. The smallest absolute Gasteiger partial charge is 0.257 e. The van der Waals surface area contributed by atoms with Crippen LogP contribution in [0.2, 0.25) is 5.02 Å². The van der Waals surface area contributed by atoms with Crippen molar-refractivity contribution in [3.8, 4) is 0 Å². The van der Waals surface area contributed by atoms with E-state index in [0.717, 1.165) is 71.1 Å². The Morgan fingerprint density at radius 1 is 1.15 bits per heavy atom. The van der Waals surface area contributed by atoms with Gasteiger partial charge in [-0.05, 0) is 81.9 Å². The predicted octanol–water partition coefficient (Wildman–Crippen LogP) is 6.52. The molecule has 2 aliphatic rings. The Bertz CT molecular complexity index is 1240. The van der Waals surface area contributed by atoms with Crippen molar-refractivity contribution < 1.29 is 14.4 Å². The molecule has 222 valence electrons. The monoisotopic (exact) mass is 581 g/mol. The van der Waals surface area contributed by atoms with E-state index >= 15 is 0 Å². The van der Waals surface area contributed by atoms with Gasteiger partial charge in [0.25, 0.3) is 5.91 Å². The molecule has 1 aromatic carbocycles. The largest absolute Gasteiger partial charge is 0.343 e. The fourth-order valence-electron chi connectivity index (χ4n) is 6.11. The lowest BCUT2D eigenvalue weighted by atomic mass is 9.86. The molecule has 1 saturated heterocycles. The van der Waals surface area contributed by atoms with E-state index in [1.54, 1.807) is 41.4 Å². The summed E-state index contributed by atoms with van der Waals surface area (Å²) < 4.78 is 0. The SMILES string of the molecule is CCCC(C)(C)C(=O)N(CC)CCCCC1CCN(CC(=O)N2c3ccc(Cl)cc3C(=O)Nc3cccnc32)CC1. The van der Waals surface area contributed by atoms with E-state index in [-0.39, 0.29) is 29.7 Å². The maximum Gasteiger partial charge on any atom is 0.257 e. The number of hydrogen-bond donors (Lipinski definition) is 1. The normalized spacial score (nSPS) is 16.0. The minimum atomic E-state index is -0.316. The van der Waals surface area contributed by atoms with E-state index in [1.807, 2.05) is 4.90 Å². The standard InChI is InChI=1S/C32H44ClN5O3/c1-5-16-32(3,4)31(41)37(6-2)18-8-7-10-23-14-19-36(20-15-23)22-28(39)38-27-13-12-24(33)21-25(27)30(40)35-26-11-9-17-34-29(26)38/h9,11-13,17,21,23H,5-8,10,14-16,18-20,22H2,1-4H3,(H,35,40). The second-order valence-corrected chi connectivity index (χ2v) is 12.4. The molecule has 2 aliphatic heterocycles. The maximum atomic E-state index is 13.7. The molecule has 2 aromatic rings. The molecule has 3 amide bonds. The van der Waals surface area contributed by atoms with Gasteiger partial charge in [0, 0.05) is 29.7 Å². The number of anilines is 3. The molecule has 9 heteroatoms. The summed E-state index contributed by atoms with van der Waals surface area (Å²) in [4.78, 5) is 49.8. The fraction of sp³-hybridized carbons (Fsp3) is 0.562. The third-order valence-electron chi connectivity index (χ3n) is 8.42. The fourth-order valence-corrected chi connectivity index (χ4v) is 6.28. The van der Waals surface area contributed by atoms with Gasteiger partial charge in [-0.3, -0.25) is 24.2 Å². The molecule has 0 radical (unpaired) electrons. The van der Waals surface area contributed by atoms with E-state index in [4.69, 9.17) is 11.6 Å². The van der Waals surface area contributed by atoms with Gasteiger partial charge in [-0.25, -0.2) is 4.98 Å². The number of halogens is 1. The van der Waals surface area contributed by atoms with E-state index in [9.17, 15) is 14.4 Å². The van der Waals surface area contributed by atoms with Gasteiger partial charge in [0.1, 0.15) is 0 Å². The minimum Gasteiger partial charge on any atom is -0.343 e. The predicted molar refractivity (Wildman–Crippen MR) is 165 cm³/mol. The molecular weight excluding hydrogens is 538 g/mol. The van der Waals surface area contributed by atoms with E-state index in [0.29, 0.717) is 33.7 Å². The second kappa shape index (κ2) is 13.8. The van der Waals surface area contributed by atoms with Crippen molar-refractivity contribution in [2.45, 2.75) is 72.6 Å². The van der Waals surface area contributed by atoms with Crippen LogP contribution < -0.4 is 10.2 Å². The number of unbranched alkanes of at least 4 members (excludes halogenated alkanes) is 1. The number of benzene rings is 1. The van der Waals surface area contributed by atoms with Gasteiger partial charge in [-0.2, -0.15) is 0 Å². The number of nitrogens with one attached hydrogen (secondary N) is 1. The van der Waals surface area contributed by atoms with Crippen LogP contribution in [0.25, 0.3) is 0 Å². The molecule has 1 fully saturated rings. The first kappa shape index (κ1) is 31.0. The maximum absolute atomic E-state index is 13.7. The number of carbonyl (C=O) groups excluding carboxylic acids is 3. The summed E-state index contributed by atoms with van der Waals surface area (Å²) in [5, 5.41) is 3.30. The highest BCUT2D eigenvalue weighted by atomic mass is 35.5. The summed E-state index contributed by atoms with van der Waals surface area (Å²) in [6.07, 6.45) is 8.94. The first-order chi connectivity index (χ1) is 19.6. The van der Waals surface area contributed by atoms with Gasteiger partial charge < -0.3 is 10.2 Å². The number of pyridine rings is 1. The molecule has 0 bridgehead atoms. The Kier molecular flexibility index (Phi) is 10.4. The number of piperidine rings is 1. The highest BCUT2D eigenvalue weighted by molar-refractivity contribution is 6.31. The van der Waals surface area contributed by atoms with Gasteiger partial charge in [0.2, 0.25) is 11.8 Å². The van der Waals surface area contributed by atoms with Crippen LogP contribution in [0, 0.1) is 11.3 Å². The van der Waals surface area contributed by atoms with Crippen LogP contribution in [0.4, 0.5) is 17.2 Å². The second-order valence-electron chi connectivity index (χ2n) is 12.0. The lowest BCUT2D eigenvalue weighted by molar-refractivity contribution is -0.140. The van der Waals surface area contributed by atoms with Gasteiger partial charge in [0.05, 0.1) is 23.5 Å². The highest BCUT2D eigenvalue weighted by Gasteiger charge is 2.33. The topological polar surface area (TPSA) is 85.9 Å². The number of fused-ring (bicyclic) bond motifs is 2. The first-order valence-electron chi connectivity index (χ1n) is 15.0. The molecule has 41 heavy (non-hydrogen) atoms. The Morgan fingerprint density at radius 3 is 2.61 bits per heavy atom. The third kappa shape index (κ3) is 7.46. The van der Waals surface area contributed by atoms with Gasteiger partial charge in [-0.1, -0.05) is 51.6 Å². The van der Waals surface area contributed by atoms with Crippen LogP contribution in [0.15, 0.2) is 36.5 Å². The minimum absolute atomic E-state index is 0.126. The van der Waals surface area contributed by atoms with Crippen molar-refractivity contribution >= 4 is 46.5 Å². The number of carbonyl (C=O) groups is 3. The molecule has 8 nitrogen and oxygen atoms in total. The van der Waals surface area contributed by atoms with Crippen LogP contribution >= 0.6 is 11.6 Å². The molecule has 3 heterocycles. The third-order valence-corrected chi connectivity index (χ3v) is 8.65. The van der Waals surface area contributed by atoms with Crippen molar-refractivity contribution in [3.63, 3.8) is 0 Å². The molecule has 0 atom stereocenters. The lowest BCUT2D eigenvalue weighted by Crippen LogP contribution is -2.42. The van der Waals surface area contributed by atoms with E-state index < -0.39 is 0 Å². The van der Waals surface area contributed by atoms with Crippen LogP contribution in [0.1, 0.15) is 83.0 Å². The number of amides is 3. The quantitative estimate of drug-likeness (QED) is 0.305. The Hall–Kier alpha value is -2.97. The average Bonchev–Trinajstić information content (AvgIpc) is 3.07. The zero-order valence-corrected chi connectivity index (χ0v) is 25.7. The molecule has 4 rings (SSSR count). The molecule has 1 N–H and O–H groups in total. The first-order valence-corrected chi connectivity index (χ1v) is 15.4. The molecule has 0 spiro atoms. The Labute approximate surface area is 249 Å². The highest BCUT2D eigenvalue weighted by Crippen LogP contribution is 2.37. The van der Waals surface area contributed by atoms with Crippen LogP contribution in [-0.4, -0.2) is 65.2 Å². The van der Waals surface area contributed by atoms with Crippen molar-refractivity contribution in [2.75, 3.05) is 42.9 Å². The summed E-state index contributed by atoms with van der Waals surface area (Å²) in [7, 11) is 0. The molecule has 0 saturated carbocycles. The van der Waals surface area contributed by atoms with E-state index in [2.05, 4.69) is 42.9 Å². The zero-order valence-electron chi connectivity index (χ0n) is 24.9. The number of rotatable bonds is 11. The van der Waals surface area contributed by atoms with E-state index in [1.165, 1.54) is 0 Å². The van der Waals surface area contributed by atoms with Crippen LogP contribution in [0.3, 0.4) is 0 Å². The number of likely N-dealkylation sites (tertiary alicyclic amines) is 1. The summed E-state index contributed by atoms with van der Waals surface area (Å²) >= 11 is 6.19. The molecule has 1 aromatic heterocycles.